The number of fused-ring (bicyclic) bond motifs is 1. The van der Waals surface area contributed by atoms with Gasteiger partial charge in [0.1, 0.15) is 0 Å². The number of alkyl halides is 3. The van der Waals surface area contributed by atoms with Crippen LogP contribution in [0.3, 0.4) is 0 Å². The molecule has 0 saturated carbocycles. The Morgan fingerprint density at radius 1 is 1.29 bits per heavy atom. The van der Waals surface area contributed by atoms with Gasteiger partial charge in [-0.15, -0.1) is 0 Å². The van der Waals surface area contributed by atoms with E-state index in [1.807, 2.05) is 0 Å². The number of hydrogen-bond donors (Lipinski definition) is 1. The van der Waals surface area contributed by atoms with Gasteiger partial charge >= 0.3 is 6.18 Å². The predicted octanol–water partition coefficient (Wildman–Crippen LogP) is 3.82. The van der Waals surface area contributed by atoms with E-state index in [0.29, 0.717) is 16.7 Å². The topological polar surface area (TPSA) is 28.2 Å². The fourth-order valence-corrected chi connectivity index (χ4v) is 3.42. The Kier molecular flexibility index (Phi) is 3.79. The zero-order valence-corrected chi connectivity index (χ0v) is 12.4. The van der Waals surface area contributed by atoms with Crippen molar-refractivity contribution in [3.63, 3.8) is 0 Å². The number of aromatic nitrogens is 1. The molecule has 3 rings (SSSR count). The first kappa shape index (κ1) is 14.6. The minimum atomic E-state index is -4.32. The highest BCUT2D eigenvalue weighted by Crippen LogP contribution is 2.34. The Balaban J connectivity index is 1.78. The van der Waals surface area contributed by atoms with Gasteiger partial charge in [0.05, 0.1) is 15.8 Å². The van der Waals surface area contributed by atoms with Crippen molar-refractivity contribution in [2.75, 3.05) is 25.5 Å². The van der Waals surface area contributed by atoms with Crippen molar-refractivity contribution in [1.29, 1.82) is 0 Å². The first-order valence-electron chi connectivity index (χ1n) is 6.85. The number of nitrogens with one attached hydrogen (secondary N) is 1. The molecule has 0 unspecified atom stereocenters. The van der Waals surface area contributed by atoms with Crippen LogP contribution in [0, 0.1) is 0 Å². The zero-order valence-electron chi connectivity index (χ0n) is 11.6. The molecule has 0 aliphatic carbocycles. The third kappa shape index (κ3) is 3.29. The van der Waals surface area contributed by atoms with Gasteiger partial charge in [-0.3, -0.25) is 0 Å². The van der Waals surface area contributed by atoms with E-state index in [-0.39, 0.29) is 0 Å². The summed E-state index contributed by atoms with van der Waals surface area (Å²) in [5, 5.41) is 4.06. The average Bonchev–Trinajstić information content (AvgIpc) is 2.81. The van der Waals surface area contributed by atoms with Crippen LogP contribution >= 0.6 is 11.3 Å². The summed E-state index contributed by atoms with van der Waals surface area (Å²) in [4.78, 5) is 6.56. The summed E-state index contributed by atoms with van der Waals surface area (Å²) >= 11 is 1.41. The van der Waals surface area contributed by atoms with Gasteiger partial charge < -0.3 is 10.2 Å². The highest BCUT2D eigenvalue weighted by molar-refractivity contribution is 7.22. The van der Waals surface area contributed by atoms with Crippen LogP contribution in [0.2, 0.25) is 0 Å². The molecule has 21 heavy (non-hydrogen) atoms. The van der Waals surface area contributed by atoms with Crippen LogP contribution in [0.15, 0.2) is 18.2 Å². The SMILES string of the molecule is CN1CCC(Nc2nc3cc(C(F)(F)F)ccc3s2)CC1. The van der Waals surface area contributed by atoms with Crippen LogP contribution in [-0.2, 0) is 6.18 Å². The Morgan fingerprint density at radius 3 is 2.67 bits per heavy atom. The molecule has 1 aliphatic rings. The molecule has 7 heteroatoms. The predicted molar refractivity (Wildman–Crippen MR) is 78.8 cm³/mol. The molecule has 2 heterocycles. The number of likely N-dealkylation sites (tertiary alicyclic amines) is 1. The van der Waals surface area contributed by atoms with E-state index in [1.165, 1.54) is 17.4 Å². The second kappa shape index (κ2) is 5.46. The third-order valence-corrected chi connectivity index (χ3v) is 4.73. The minimum Gasteiger partial charge on any atom is -0.359 e. The van der Waals surface area contributed by atoms with Crippen LogP contribution in [0.1, 0.15) is 18.4 Å². The number of anilines is 1. The second-order valence-corrected chi connectivity index (χ2v) is 6.45. The van der Waals surface area contributed by atoms with E-state index in [0.717, 1.165) is 42.8 Å². The monoisotopic (exact) mass is 315 g/mol. The van der Waals surface area contributed by atoms with Crippen LogP contribution in [0.4, 0.5) is 18.3 Å². The van der Waals surface area contributed by atoms with Gasteiger partial charge in [-0.1, -0.05) is 11.3 Å². The lowest BCUT2D eigenvalue weighted by molar-refractivity contribution is -0.137. The fraction of sp³-hybridized carbons (Fsp3) is 0.500. The largest absolute Gasteiger partial charge is 0.416 e. The number of hydrogen-bond acceptors (Lipinski definition) is 4. The van der Waals surface area contributed by atoms with Gasteiger partial charge in [-0.05, 0) is 51.2 Å². The van der Waals surface area contributed by atoms with Crippen LogP contribution in [0.5, 0.6) is 0 Å². The van der Waals surface area contributed by atoms with Crippen molar-refractivity contribution in [2.45, 2.75) is 25.1 Å². The first-order valence-corrected chi connectivity index (χ1v) is 7.66. The summed E-state index contributed by atoms with van der Waals surface area (Å²) in [6.07, 6.45) is -2.26. The lowest BCUT2D eigenvalue weighted by atomic mass is 10.1. The molecule has 2 aromatic rings. The highest BCUT2D eigenvalue weighted by atomic mass is 32.1. The van der Waals surface area contributed by atoms with E-state index in [9.17, 15) is 13.2 Å². The average molecular weight is 315 g/mol. The number of halogens is 3. The number of benzene rings is 1. The van der Waals surface area contributed by atoms with E-state index >= 15 is 0 Å². The maximum atomic E-state index is 12.7. The van der Waals surface area contributed by atoms with Crippen LogP contribution in [-0.4, -0.2) is 36.1 Å². The van der Waals surface area contributed by atoms with Crippen LogP contribution in [0.25, 0.3) is 10.2 Å². The molecule has 0 bridgehead atoms. The molecule has 1 fully saturated rings. The van der Waals surface area contributed by atoms with E-state index in [2.05, 4.69) is 22.2 Å². The summed E-state index contributed by atoms with van der Waals surface area (Å²) in [6.45, 7) is 2.06. The Morgan fingerprint density at radius 2 is 2.00 bits per heavy atom. The summed E-state index contributed by atoms with van der Waals surface area (Å²) in [5.74, 6) is 0. The van der Waals surface area contributed by atoms with Gasteiger partial charge in [0, 0.05) is 6.04 Å². The molecule has 1 aliphatic heterocycles. The second-order valence-electron chi connectivity index (χ2n) is 5.42. The maximum absolute atomic E-state index is 12.7. The molecule has 0 radical (unpaired) electrons. The number of nitrogens with zero attached hydrogens (tertiary/aromatic N) is 2. The van der Waals surface area contributed by atoms with Gasteiger partial charge in [0.15, 0.2) is 5.13 Å². The van der Waals surface area contributed by atoms with Crippen molar-refractivity contribution in [3.05, 3.63) is 23.8 Å². The normalized spacial score (nSPS) is 18.3. The highest BCUT2D eigenvalue weighted by Gasteiger charge is 2.30. The number of rotatable bonds is 2. The fourth-order valence-electron chi connectivity index (χ4n) is 2.49. The van der Waals surface area contributed by atoms with Gasteiger partial charge in [-0.2, -0.15) is 13.2 Å². The number of thiazole rings is 1. The summed E-state index contributed by atoms with van der Waals surface area (Å²) < 4.78 is 38.8. The molecule has 1 aromatic carbocycles. The van der Waals surface area contributed by atoms with E-state index in [1.54, 1.807) is 0 Å². The lowest BCUT2D eigenvalue weighted by Crippen LogP contribution is -2.36. The van der Waals surface area contributed by atoms with Crippen molar-refractivity contribution in [2.24, 2.45) is 0 Å². The third-order valence-electron chi connectivity index (χ3n) is 3.76. The molecular weight excluding hydrogens is 299 g/mol. The van der Waals surface area contributed by atoms with Crippen molar-refractivity contribution < 1.29 is 13.2 Å². The minimum absolute atomic E-state index is 0.351. The molecule has 0 atom stereocenters. The van der Waals surface area contributed by atoms with E-state index < -0.39 is 11.7 Å². The summed E-state index contributed by atoms with van der Waals surface area (Å²) in [7, 11) is 2.09. The molecule has 1 aromatic heterocycles. The molecule has 0 spiro atoms. The van der Waals surface area contributed by atoms with Crippen LogP contribution < -0.4 is 5.32 Å². The lowest BCUT2D eigenvalue weighted by Gasteiger charge is -2.29. The molecule has 3 nitrogen and oxygen atoms in total. The van der Waals surface area contributed by atoms with Gasteiger partial charge in [0.2, 0.25) is 0 Å². The molecule has 1 saturated heterocycles. The number of piperidine rings is 1. The summed E-state index contributed by atoms with van der Waals surface area (Å²) in [5.41, 5.74) is -0.239. The molecule has 1 N–H and O–H groups in total. The Hall–Kier alpha value is -1.34. The standard InChI is InChI=1S/C14H16F3N3S/c1-20-6-4-10(5-7-20)18-13-19-11-8-9(14(15,16)17)2-3-12(11)21-13/h2-3,8,10H,4-7H2,1H3,(H,18,19). The summed E-state index contributed by atoms with van der Waals surface area (Å²) in [6, 6.07) is 4.07. The molecule has 0 amide bonds. The van der Waals surface area contributed by atoms with Crippen molar-refractivity contribution in [3.8, 4) is 0 Å². The van der Waals surface area contributed by atoms with Gasteiger partial charge in [0.25, 0.3) is 0 Å². The van der Waals surface area contributed by atoms with Gasteiger partial charge in [-0.25, -0.2) is 4.98 Å². The zero-order chi connectivity index (χ0) is 15.0. The smallest absolute Gasteiger partial charge is 0.359 e. The maximum Gasteiger partial charge on any atom is 0.416 e. The Bertz CT molecular complexity index is 630. The Labute approximate surface area is 124 Å². The quantitative estimate of drug-likeness (QED) is 0.913. The molecular formula is C14H16F3N3S. The van der Waals surface area contributed by atoms with E-state index in [4.69, 9.17) is 0 Å². The van der Waals surface area contributed by atoms with Crippen molar-refractivity contribution in [1.82, 2.24) is 9.88 Å². The van der Waals surface area contributed by atoms with Crippen molar-refractivity contribution >= 4 is 26.7 Å². The molecule has 114 valence electrons. The first-order chi connectivity index (χ1) is 9.91.